The van der Waals surface area contributed by atoms with Crippen LogP contribution in [0, 0.1) is 6.92 Å². The van der Waals surface area contributed by atoms with Crippen molar-refractivity contribution >= 4 is 27.8 Å². The van der Waals surface area contributed by atoms with E-state index in [0.717, 1.165) is 10.9 Å². The molecule has 1 amide bonds. The molecule has 0 unspecified atom stereocenters. The van der Waals surface area contributed by atoms with Crippen LogP contribution in [0.3, 0.4) is 0 Å². The number of nitrogens with one attached hydrogen (secondary N) is 1. The lowest BCUT2D eigenvalue weighted by Crippen LogP contribution is -2.20. The third-order valence-electron chi connectivity index (χ3n) is 4.90. The maximum atomic E-state index is 11.8. The third kappa shape index (κ3) is 3.47. The highest BCUT2D eigenvalue weighted by molar-refractivity contribution is 5.90. The molecular weight excluding hydrogens is 386 g/mol. The van der Waals surface area contributed by atoms with Crippen LogP contribution < -0.4 is 19.5 Å². The summed E-state index contributed by atoms with van der Waals surface area (Å²) in [6.07, 6.45) is 1.69. The molecule has 1 N–H and O–H groups in total. The fourth-order valence-corrected chi connectivity index (χ4v) is 3.34. The summed E-state index contributed by atoms with van der Waals surface area (Å²) in [5.41, 5.74) is 2.17. The molecule has 0 bridgehead atoms. The summed E-state index contributed by atoms with van der Waals surface area (Å²) in [6.45, 7) is 1.84. The summed E-state index contributed by atoms with van der Waals surface area (Å²) in [6, 6.07) is 9.03. The highest BCUT2D eigenvalue weighted by Gasteiger charge is 2.16. The first-order chi connectivity index (χ1) is 14.5. The topological polar surface area (TPSA) is 95.7 Å². The van der Waals surface area contributed by atoms with Gasteiger partial charge in [-0.05, 0) is 25.1 Å². The first-order valence-corrected chi connectivity index (χ1v) is 9.31. The van der Waals surface area contributed by atoms with Crippen molar-refractivity contribution in [2.45, 2.75) is 13.3 Å². The Morgan fingerprint density at radius 1 is 1.07 bits per heavy atom. The number of benzene rings is 2. The molecule has 8 heteroatoms. The highest BCUT2D eigenvalue weighted by Crippen LogP contribution is 2.37. The number of ether oxygens (including phenoxy) is 3. The normalized spacial score (nSPS) is 10.9. The second-order valence-corrected chi connectivity index (χ2v) is 6.65. The summed E-state index contributed by atoms with van der Waals surface area (Å²) < 4.78 is 22.6. The van der Waals surface area contributed by atoms with Crippen molar-refractivity contribution in [3.05, 3.63) is 48.0 Å². The summed E-state index contributed by atoms with van der Waals surface area (Å²) in [4.78, 5) is 20.4. The molecule has 0 radical (unpaired) electrons. The Kier molecular flexibility index (Phi) is 5.14. The van der Waals surface area contributed by atoms with Gasteiger partial charge in [-0.1, -0.05) is 0 Å². The number of fused-ring (bicyclic) bond motifs is 2. The number of likely N-dealkylation sites (N-methyl/N-ethyl adjacent to an activating group) is 1. The molecule has 4 aromatic rings. The van der Waals surface area contributed by atoms with Crippen LogP contribution in [-0.2, 0) is 11.2 Å². The second-order valence-electron chi connectivity index (χ2n) is 6.65. The fourth-order valence-electron chi connectivity index (χ4n) is 3.34. The molecule has 2 aromatic carbocycles. The van der Waals surface area contributed by atoms with Crippen LogP contribution in [-0.4, -0.2) is 37.1 Å². The van der Waals surface area contributed by atoms with Crippen molar-refractivity contribution in [3.8, 4) is 23.1 Å². The van der Waals surface area contributed by atoms with Gasteiger partial charge >= 0.3 is 0 Å². The smallest absolute Gasteiger partial charge is 0.230 e. The summed E-state index contributed by atoms with van der Waals surface area (Å²) in [7, 11) is 4.75. The minimum absolute atomic E-state index is 0.0713. The molecule has 0 saturated carbocycles. The number of hydrogen-bond acceptors (Lipinski definition) is 7. The SMILES string of the molecule is CNC(=O)Cc1c(C)oc2cc(Oc3ncnc4cc(OC)c(OC)cc34)ccc12. The largest absolute Gasteiger partial charge is 0.493 e. The molecule has 0 saturated heterocycles. The first-order valence-electron chi connectivity index (χ1n) is 9.31. The Morgan fingerprint density at radius 2 is 1.83 bits per heavy atom. The van der Waals surface area contributed by atoms with Gasteiger partial charge in [-0.2, -0.15) is 0 Å². The highest BCUT2D eigenvalue weighted by atomic mass is 16.5. The van der Waals surface area contributed by atoms with Crippen LogP contribution in [0.4, 0.5) is 0 Å². The van der Waals surface area contributed by atoms with Gasteiger partial charge in [0.1, 0.15) is 23.4 Å². The van der Waals surface area contributed by atoms with Gasteiger partial charge in [0, 0.05) is 30.1 Å². The molecule has 0 spiro atoms. The molecule has 2 heterocycles. The van der Waals surface area contributed by atoms with Gasteiger partial charge in [0.05, 0.1) is 31.5 Å². The Balaban J connectivity index is 1.72. The molecule has 2 aromatic heterocycles. The van der Waals surface area contributed by atoms with Gasteiger partial charge < -0.3 is 23.9 Å². The van der Waals surface area contributed by atoms with Crippen LogP contribution in [0.15, 0.2) is 41.1 Å². The quantitative estimate of drug-likeness (QED) is 0.520. The molecule has 154 valence electrons. The predicted octanol–water partition coefficient (Wildman–Crippen LogP) is 3.78. The number of nitrogens with zero attached hydrogens (tertiary/aromatic N) is 2. The van der Waals surface area contributed by atoms with Crippen LogP contribution >= 0.6 is 0 Å². The number of carbonyl (C=O) groups is 1. The monoisotopic (exact) mass is 407 g/mol. The Morgan fingerprint density at radius 3 is 2.57 bits per heavy atom. The van der Waals surface area contributed by atoms with E-state index in [1.807, 2.05) is 19.1 Å². The van der Waals surface area contributed by atoms with E-state index >= 15 is 0 Å². The number of amides is 1. The zero-order valence-electron chi connectivity index (χ0n) is 17.1. The number of carbonyl (C=O) groups excluding carboxylic acids is 1. The van der Waals surface area contributed by atoms with E-state index in [2.05, 4.69) is 15.3 Å². The standard InChI is InChI=1S/C22H21N3O5/c1-12-15(9-21(26)23-2)14-6-5-13(7-18(14)29-12)30-22-16-8-19(27-3)20(28-4)10-17(16)24-11-25-22/h5-8,10-11H,9H2,1-4H3,(H,23,26). The maximum absolute atomic E-state index is 11.8. The molecule has 0 aliphatic rings. The molecule has 0 fully saturated rings. The predicted molar refractivity (Wildman–Crippen MR) is 111 cm³/mol. The van der Waals surface area contributed by atoms with Crippen LogP contribution in [0.1, 0.15) is 11.3 Å². The van der Waals surface area contributed by atoms with E-state index in [1.165, 1.54) is 6.33 Å². The summed E-state index contributed by atoms with van der Waals surface area (Å²) in [5, 5.41) is 4.20. The minimum Gasteiger partial charge on any atom is -0.493 e. The number of furan rings is 1. The van der Waals surface area contributed by atoms with Gasteiger partial charge in [-0.25, -0.2) is 9.97 Å². The molecule has 30 heavy (non-hydrogen) atoms. The van der Waals surface area contributed by atoms with E-state index in [9.17, 15) is 4.79 Å². The van der Waals surface area contributed by atoms with E-state index in [0.29, 0.717) is 45.4 Å². The molecule has 0 aliphatic carbocycles. The molecular formula is C22H21N3O5. The first kappa shape index (κ1) is 19.5. The van der Waals surface area contributed by atoms with Gasteiger partial charge in [0.25, 0.3) is 0 Å². The molecule has 0 atom stereocenters. The van der Waals surface area contributed by atoms with Gasteiger partial charge in [0.15, 0.2) is 11.5 Å². The number of aryl methyl sites for hydroxylation is 1. The minimum atomic E-state index is -0.0713. The van der Waals surface area contributed by atoms with Crippen LogP contribution in [0.5, 0.6) is 23.1 Å². The molecule has 4 rings (SSSR count). The van der Waals surface area contributed by atoms with E-state index < -0.39 is 0 Å². The van der Waals surface area contributed by atoms with Crippen molar-refractivity contribution < 1.29 is 23.4 Å². The van der Waals surface area contributed by atoms with Gasteiger partial charge in [-0.3, -0.25) is 4.79 Å². The zero-order valence-corrected chi connectivity index (χ0v) is 17.1. The second kappa shape index (κ2) is 7.90. The van der Waals surface area contributed by atoms with Crippen molar-refractivity contribution in [2.75, 3.05) is 21.3 Å². The average Bonchev–Trinajstić information content (AvgIpc) is 3.07. The van der Waals surface area contributed by atoms with Gasteiger partial charge in [0.2, 0.25) is 11.8 Å². The van der Waals surface area contributed by atoms with Crippen LogP contribution in [0.2, 0.25) is 0 Å². The number of rotatable bonds is 6. The lowest BCUT2D eigenvalue weighted by atomic mass is 10.1. The Labute approximate surface area is 172 Å². The van der Waals surface area contributed by atoms with E-state index in [-0.39, 0.29) is 12.3 Å². The molecule has 8 nitrogen and oxygen atoms in total. The van der Waals surface area contributed by atoms with E-state index in [1.54, 1.807) is 39.5 Å². The van der Waals surface area contributed by atoms with Gasteiger partial charge in [-0.15, -0.1) is 0 Å². The maximum Gasteiger partial charge on any atom is 0.230 e. The van der Waals surface area contributed by atoms with E-state index in [4.69, 9.17) is 18.6 Å². The number of methoxy groups -OCH3 is 2. The Hall–Kier alpha value is -3.81. The molecule has 0 aliphatic heterocycles. The van der Waals surface area contributed by atoms with Crippen molar-refractivity contribution in [1.29, 1.82) is 0 Å². The zero-order chi connectivity index (χ0) is 21.3. The fraction of sp³-hybridized carbons (Fsp3) is 0.227. The van der Waals surface area contributed by atoms with Crippen molar-refractivity contribution in [3.63, 3.8) is 0 Å². The summed E-state index contributed by atoms with van der Waals surface area (Å²) >= 11 is 0. The average molecular weight is 407 g/mol. The Bertz CT molecular complexity index is 1250. The number of hydrogen-bond donors (Lipinski definition) is 1. The summed E-state index contributed by atoms with van der Waals surface area (Å²) in [5.74, 6) is 2.70. The van der Waals surface area contributed by atoms with Crippen molar-refractivity contribution in [1.82, 2.24) is 15.3 Å². The van der Waals surface area contributed by atoms with Crippen LogP contribution in [0.25, 0.3) is 21.9 Å². The lowest BCUT2D eigenvalue weighted by molar-refractivity contribution is -0.119. The third-order valence-corrected chi connectivity index (χ3v) is 4.90. The number of aromatic nitrogens is 2. The lowest BCUT2D eigenvalue weighted by Gasteiger charge is -2.11. The van der Waals surface area contributed by atoms with Crippen molar-refractivity contribution in [2.24, 2.45) is 0 Å².